The van der Waals surface area contributed by atoms with Crippen molar-refractivity contribution in [1.82, 2.24) is 9.78 Å². The maximum Gasteiger partial charge on any atom is 0.231 e. The Balaban J connectivity index is 1.93. The molecule has 6 heteroatoms. The quantitative estimate of drug-likeness (QED) is 0.811. The fourth-order valence-corrected chi connectivity index (χ4v) is 2.32. The molecule has 19 heavy (non-hydrogen) atoms. The third-order valence-electron chi connectivity index (χ3n) is 2.98. The van der Waals surface area contributed by atoms with Crippen LogP contribution in [0.2, 0.25) is 0 Å². The number of nitrogens with zero attached hydrogens (tertiary/aromatic N) is 2. The van der Waals surface area contributed by atoms with Gasteiger partial charge in [-0.15, -0.1) is 11.6 Å². The SMILES string of the molecule is Cc1nn(C)c(Oc2ccc3c(c2)OCO3)c1CCl. The average molecular weight is 281 g/mol. The van der Waals surface area contributed by atoms with Gasteiger partial charge in [-0.2, -0.15) is 5.10 Å². The number of ether oxygens (including phenoxy) is 3. The summed E-state index contributed by atoms with van der Waals surface area (Å²) in [5.74, 6) is 3.08. The number of rotatable bonds is 3. The average Bonchev–Trinajstić information content (AvgIpc) is 2.94. The third kappa shape index (κ3) is 2.10. The minimum atomic E-state index is 0.247. The fourth-order valence-electron chi connectivity index (χ4n) is 2.01. The van der Waals surface area contributed by atoms with E-state index in [2.05, 4.69) is 5.10 Å². The second-order valence-electron chi connectivity index (χ2n) is 4.24. The first kappa shape index (κ1) is 12.2. The second-order valence-corrected chi connectivity index (χ2v) is 4.51. The van der Waals surface area contributed by atoms with Crippen LogP contribution in [0.25, 0.3) is 0 Å². The zero-order valence-electron chi connectivity index (χ0n) is 10.6. The third-order valence-corrected chi connectivity index (χ3v) is 3.25. The molecule has 0 spiro atoms. The molecule has 0 saturated carbocycles. The van der Waals surface area contributed by atoms with Crippen LogP contribution in [0.15, 0.2) is 18.2 Å². The summed E-state index contributed by atoms with van der Waals surface area (Å²) in [6.07, 6.45) is 0. The van der Waals surface area contributed by atoms with Crippen LogP contribution in [0.5, 0.6) is 23.1 Å². The van der Waals surface area contributed by atoms with Crippen molar-refractivity contribution in [2.45, 2.75) is 12.8 Å². The molecule has 0 unspecified atom stereocenters. The highest BCUT2D eigenvalue weighted by Crippen LogP contribution is 2.37. The van der Waals surface area contributed by atoms with E-state index in [0.717, 1.165) is 17.0 Å². The number of hydrogen-bond donors (Lipinski definition) is 0. The molecule has 2 heterocycles. The number of hydrogen-bond acceptors (Lipinski definition) is 4. The summed E-state index contributed by atoms with van der Waals surface area (Å²) >= 11 is 5.93. The predicted molar refractivity (Wildman–Crippen MR) is 70.1 cm³/mol. The first-order chi connectivity index (χ1) is 9.19. The summed E-state index contributed by atoms with van der Waals surface area (Å²) in [5.41, 5.74) is 1.76. The number of aryl methyl sites for hydroxylation is 2. The molecule has 0 aliphatic carbocycles. The van der Waals surface area contributed by atoms with Gasteiger partial charge in [-0.25, -0.2) is 4.68 Å². The normalized spacial score (nSPS) is 12.8. The zero-order chi connectivity index (χ0) is 13.4. The smallest absolute Gasteiger partial charge is 0.231 e. The highest BCUT2D eigenvalue weighted by atomic mass is 35.5. The maximum atomic E-state index is 5.93. The lowest BCUT2D eigenvalue weighted by Crippen LogP contribution is -1.96. The van der Waals surface area contributed by atoms with Crippen LogP contribution >= 0.6 is 11.6 Å². The van der Waals surface area contributed by atoms with Crippen LogP contribution in [0.1, 0.15) is 11.3 Å². The molecule has 100 valence electrons. The molecule has 2 aromatic rings. The van der Waals surface area contributed by atoms with Gasteiger partial charge in [-0.1, -0.05) is 0 Å². The number of fused-ring (bicyclic) bond motifs is 1. The molecule has 0 fully saturated rings. The standard InChI is InChI=1S/C13H13ClN2O3/c1-8-10(6-14)13(16(2)15-8)19-9-3-4-11-12(5-9)18-7-17-11/h3-5H,6-7H2,1-2H3. The minimum Gasteiger partial charge on any atom is -0.454 e. The van der Waals surface area contributed by atoms with E-state index in [0.29, 0.717) is 23.3 Å². The Morgan fingerprint density at radius 1 is 1.37 bits per heavy atom. The Labute approximate surface area is 115 Å². The van der Waals surface area contributed by atoms with Gasteiger partial charge in [0.05, 0.1) is 17.1 Å². The molecular weight excluding hydrogens is 268 g/mol. The lowest BCUT2D eigenvalue weighted by Gasteiger charge is -2.08. The van der Waals surface area contributed by atoms with Gasteiger partial charge in [0.15, 0.2) is 11.5 Å². The van der Waals surface area contributed by atoms with E-state index in [1.54, 1.807) is 10.7 Å². The summed E-state index contributed by atoms with van der Waals surface area (Å²) in [6.45, 7) is 2.15. The van der Waals surface area contributed by atoms with Crippen LogP contribution in [0.3, 0.4) is 0 Å². The monoisotopic (exact) mass is 280 g/mol. The Morgan fingerprint density at radius 3 is 2.95 bits per heavy atom. The Hall–Kier alpha value is -1.88. The van der Waals surface area contributed by atoms with Crippen molar-refractivity contribution in [3.05, 3.63) is 29.5 Å². The van der Waals surface area contributed by atoms with E-state index in [4.69, 9.17) is 25.8 Å². The van der Waals surface area contributed by atoms with Crippen molar-refractivity contribution in [2.75, 3.05) is 6.79 Å². The Bertz CT molecular complexity index is 625. The van der Waals surface area contributed by atoms with Gasteiger partial charge in [0.1, 0.15) is 5.75 Å². The first-order valence-corrected chi connectivity index (χ1v) is 6.38. The molecule has 1 aromatic carbocycles. The van der Waals surface area contributed by atoms with Crippen molar-refractivity contribution < 1.29 is 14.2 Å². The molecule has 0 amide bonds. The lowest BCUT2D eigenvalue weighted by atomic mass is 10.3. The topological polar surface area (TPSA) is 45.5 Å². The van der Waals surface area contributed by atoms with E-state index in [1.807, 2.05) is 26.1 Å². The molecule has 0 bridgehead atoms. The molecule has 0 N–H and O–H groups in total. The first-order valence-electron chi connectivity index (χ1n) is 5.85. The second kappa shape index (κ2) is 4.66. The molecule has 0 saturated heterocycles. The molecule has 5 nitrogen and oxygen atoms in total. The summed E-state index contributed by atoms with van der Waals surface area (Å²) in [5, 5.41) is 4.30. The van der Waals surface area contributed by atoms with Crippen molar-refractivity contribution in [1.29, 1.82) is 0 Å². The number of halogens is 1. The van der Waals surface area contributed by atoms with Crippen molar-refractivity contribution in [2.24, 2.45) is 7.05 Å². The summed E-state index contributed by atoms with van der Waals surface area (Å²) in [6, 6.07) is 5.44. The van der Waals surface area contributed by atoms with Crippen LogP contribution in [-0.2, 0) is 12.9 Å². The molecule has 1 aromatic heterocycles. The molecule has 0 radical (unpaired) electrons. The van der Waals surface area contributed by atoms with E-state index >= 15 is 0 Å². The van der Waals surface area contributed by atoms with Gasteiger partial charge in [0.25, 0.3) is 0 Å². The summed E-state index contributed by atoms with van der Waals surface area (Å²) in [4.78, 5) is 0. The van der Waals surface area contributed by atoms with Crippen LogP contribution in [-0.4, -0.2) is 16.6 Å². The van der Waals surface area contributed by atoms with Gasteiger partial charge in [0, 0.05) is 13.1 Å². The molecule has 1 aliphatic rings. The van der Waals surface area contributed by atoms with Crippen molar-refractivity contribution in [3.8, 4) is 23.1 Å². The minimum absolute atomic E-state index is 0.247. The van der Waals surface area contributed by atoms with Crippen LogP contribution in [0.4, 0.5) is 0 Å². The van der Waals surface area contributed by atoms with Crippen LogP contribution < -0.4 is 14.2 Å². The largest absolute Gasteiger partial charge is 0.454 e. The Kier molecular flexibility index (Phi) is 2.98. The van der Waals surface area contributed by atoms with Crippen molar-refractivity contribution in [3.63, 3.8) is 0 Å². The maximum absolute atomic E-state index is 5.93. The lowest BCUT2D eigenvalue weighted by molar-refractivity contribution is 0.174. The molecule has 1 aliphatic heterocycles. The van der Waals surface area contributed by atoms with Gasteiger partial charge < -0.3 is 14.2 Å². The van der Waals surface area contributed by atoms with Gasteiger partial charge >= 0.3 is 0 Å². The molecule has 3 rings (SSSR count). The summed E-state index contributed by atoms with van der Waals surface area (Å²) in [7, 11) is 1.82. The van der Waals surface area contributed by atoms with E-state index in [9.17, 15) is 0 Å². The summed E-state index contributed by atoms with van der Waals surface area (Å²) < 4.78 is 18.1. The van der Waals surface area contributed by atoms with E-state index < -0.39 is 0 Å². The number of aromatic nitrogens is 2. The molecular formula is C13H13ClN2O3. The van der Waals surface area contributed by atoms with Crippen LogP contribution in [0, 0.1) is 6.92 Å². The highest BCUT2D eigenvalue weighted by Gasteiger charge is 2.17. The van der Waals surface area contributed by atoms with E-state index in [-0.39, 0.29) is 6.79 Å². The van der Waals surface area contributed by atoms with E-state index in [1.165, 1.54) is 0 Å². The molecule has 0 atom stereocenters. The number of benzene rings is 1. The highest BCUT2D eigenvalue weighted by molar-refractivity contribution is 6.17. The Morgan fingerprint density at radius 2 is 2.16 bits per heavy atom. The van der Waals surface area contributed by atoms with Gasteiger partial charge in [-0.05, 0) is 19.1 Å². The number of alkyl halides is 1. The van der Waals surface area contributed by atoms with Gasteiger partial charge in [0.2, 0.25) is 12.7 Å². The predicted octanol–water partition coefficient (Wildman–Crippen LogP) is 2.99. The fraction of sp³-hybridized carbons (Fsp3) is 0.308. The van der Waals surface area contributed by atoms with Gasteiger partial charge in [-0.3, -0.25) is 0 Å². The zero-order valence-corrected chi connectivity index (χ0v) is 11.4. The van der Waals surface area contributed by atoms with Crippen molar-refractivity contribution >= 4 is 11.6 Å².